The maximum absolute atomic E-state index is 12.7. The van der Waals surface area contributed by atoms with E-state index in [2.05, 4.69) is 73.3 Å². The highest BCUT2D eigenvalue weighted by Gasteiger charge is 2.62. The molecule has 3 saturated carbocycles. The molecule has 3 heteroatoms. The average molecular weight is 458 g/mol. The molecule has 34 heavy (non-hydrogen) atoms. The third-order valence-corrected chi connectivity index (χ3v) is 10.6. The van der Waals surface area contributed by atoms with Crippen LogP contribution in [-0.2, 0) is 4.79 Å². The first-order chi connectivity index (χ1) is 16.4. The standard InChI is InChI=1S/C31H39NO2/c1-30-17-7-10-24(30)29-25(15-18-30)31(2)19-16-28(33)32(3)27(31)20-26(29)34-23-13-11-22(12-14-23)21-8-5-4-6-9-21/h4-6,8-9,11-14,24-27,29H,7,10,15-20H2,1-3H3/t24-,25-,26?,27+,29-,30-,31+/m0/s1. The predicted molar refractivity (Wildman–Crippen MR) is 136 cm³/mol. The molecule has 1 saturated heterocycles. The lowest BCUT2D eigenvalue weighted by atomic mass is 9.47. The molecule has 0 radical (unpaired) electrons. The quantitative estimate of drug-likeness (QED) is 0.498. The number of hydrogen-bond donors (Lipinski definition) is 0. The molecule has 2 aromatic carbocycles. The lowest BCUT2D eigenvalue weighted by Crippen LogP contribution is -2.65. The van der Waals surface area contributed by atoms with Crippen molar-refractivity contribution in [2.45, 2.75) is 77.4 Å². The molecule has 180 valence electrons. The van der Waals surface area contributed by atoms with Gasteiger partial charge in [-0.15, -0.1) is 0 Å². The molecular formula is C31H39NO2. The molecule has 1 amide bonds. The topological polar surface area (TPSA) is 29.5 Å². The van der Waals surface area contributed by atoms with Crippen molar-refractivity contribution in [3.05, 3.63) is 54.6 Å². The second kappa shape index (κ2) is 8.14. The first-order valence-electron chi connectivity index (χ1n) is 13.5. The number of fused-ring (bicyclic) bond motifs is 5. The van der Waals surface area contributed by atoms with Crippen LogP contribution in [0.25, 0.3) is 11.1 Å². The molecule has 0 aromatic heterocycles. The smallest absolute Gasteiger partial charge is 0.222 e. The first-order valence-corrected chi connectivity index (χ1v) is 13.5. The number of piperidine rings is 1. The van der Waals surface area contributed by atoms with Crippen LogP contribution in [0.2, 0.25) is 0 Å². The van der Waals surface area contributed by atoms with Crippen molar-refractivity contribution < 1.29 is 9.53 Å². The minimum atomic E-state index is 0.182. The number of rotatable bonds is 3. The summed E-state index contributed by atoms with van der Waals surface area (Å²) >= 11 is 0. The third kappa shape index (κ3) is 3.41. The molecule has 7 atom stereocenters. The molecule has 0 bridgehead atoms. The molecule has 1 unspecified atom stereocenters. The molecule has 3 aliphatic carbocycles. The van der Waals surface area contributed by atoms with Gasteiger partial charge in [-0.1, -0.05) is 62.7 Å². The van der Waals surface area contributed by atoms with E-state index in [0.29, 0.717) is 29.6 Å². The van der Waals surface area contributed by atoms with Crippen LogP contribution in [0.5, 0.6) is 5.75 Å². The summed E-state index contributed by atoms with van der Waals surface area (Å²) < 4.78 is 6.91. The Morgan fingerprint density at radius 2 is 1.62 bits per heavy atom. The Bertz CT molecular complexity index is 1050. The summed E-state index contributed by atoms with van der Waals surface area (Å²) in [7, 11) is 2.04. The van der Waals surface area contributed by atoms with Gasteiger partial charge in [0.15, 0.2) is 0 Å². The minimum absolute atomic E-state index is 0.182. The van der Waals surface area contributed by atoms with E-state index in [4.69, 9.17) is 4.74 Å². The Labute approximate surface area is 204 Å². The summed E-state index contributed by atoms with van der Waals surface area (Å²) in [6.45, 7) is 5.05. The zero-order chi connectivity index (χ0) is 23.5. The molecule has 4 fully saturated rings. The summed E-state index contributed by atoms with van der Waals surface area (Å²) in [5.41, 5.74) is 3.15. The molecule has 1 heterocycles. The number of hydrogen-bond acceptors (Lipinski definition) is 2. The van der Waals surface area contributed by atoms with Crippen molar-refractivity contribution in [1.29, 1.82) is 0 Å². The number of carbonyl (C=O) groups is 1. The molecule has 0 N–H and O–H groups in total. The van der Waals surface area contributed by atoms with E-state index >= 15 is 0 Å². The van der Waals surface area contributed by atoms with Crippen molar-refractivity contribution in [1.82, 2.24) is 4.90 Å². The fourth-order valence-corrected chi connectivity index (χ4v) is 8.70. The van der Waals surface area contributed by atoms with E-state index in [1.54, 1.807) is 0 Å². The second-order valence-corrected chi connectivity index (χ2v) is 12.2. The fourth-order valence-electron chi connectivity index (χ4n) is 8.70. The number of amides is 1. The SMILES string of the molecule is CN1C(=O)CC[C@]2(C)[C@H]3CC[C@]4(C)CCC[C@H]4[C@@H]3C(Oc3ccc(-c4ccccc4)cc3)C[C@@H]12. The van der Waals surface area contributed by atoms with Crippen molar-refractivity contribution in [3.63, 3.8) is 0 Å². The maximum Gasteiger partial charge on any atom is 0.222 e. The van der Waals surface area contributed by atoms with Gasteiger partial charge >= 0.3 is 0 Å². The van der Waals surface area contributed by atoms with E-state index in [1.807, 2.05) is 7.05 Å². The molecule has 2 aromatic rings. The number of benzene rings is 2. The number of ether oxygens (including phenoxy) is 1. The second-order valence-electron chi connectivity index (χ2n) is 12.2. The largest absolute Gasteiger partial charge is 0.490 e. The van der Waals surface area contributed by atoms with Crippen molar-refractivity contribution in [2.75, 3.05) is 7.05 Å². The van der Waals surface area contributed by atoms with E-state index in [1.165, 1.54) is 43.2 Å². The van der Waals surface area contributed by atoms with E-state index in [-0.39, 0.29) is 17.6 Å². The Morgan fingerprint density at radius 3 is 2.38 bits per heavy atom. The van der Waals surface area contributed by atoms with Crippen LogP contribution in [-0.4, -0.2) is 30.0 Å². The van der Waals surface area contributed by atoms with Gasteiger partial charge in [0.25, 0.3) is 0 Å². The molecule has 6 rings (SSSR count). The van der Waals surface area contributed by atoms with Gasteiger partial charge in [0.1, 0.15) is 11.9 Å². The van der Waals surface area contributed by atoms with Gasteiger partial charge in [0.05, 0.1) is 0 Å². The normalized spacial score (nSPS) is 39.2. The van der Waals surface area contributed by atoms with Gasteiger partial charge in [0.2, 0.25) is 5.91 Å². The number of carbonyl (C=O) groups excluding carboxylic acids is 1. The Balaban J connectivity index is 1.32. The van der Waals surface area contributed by atoms with Crippen LogP contribution >= 0.6 is 0 Å². The zero-order valence-electron chi connectivity index (χ0n) is 21.0. The van der Waals surface area contributed by atoms with Crippen molar-refractivity contribution in [3.8, 4) is 16.9 Å². The van der Waals surface area contributed by atoms with Crippen molar-refractivity contribution in [2.24, 2.45) is 28.6 Å². The van der Waals surface area contributed by atoms with Crippen molar-refractivity contribution >= 4 is 5.91 Å². The third-order valence-electron chi connectivity index (χ3n) is 10.6. The van der Waals surface area contributed by atoms with E-state index in [0.717, 1.165) is 24.5 Å². The average Bonchev–Trinajstić information content (AvgIpc) is 3.25. The summed E-state index contributed by atoms with van der Waals surface area (Å²) in [6.07, 6.45) is 9.62. The lowest BCUT2D eigenvalue weighted by molar-refractivity contribution is -0.173. The predicted octanol–water partition coefficient (Wildman–Crippen LogP) is 6.96. The zero-order valence-corrected chi connectivity index (χ0v) is 21.0. The summed E-state index contributed by atoms with van der Waals surface area (Å²) in [5.74, 6) is 3.28. The van der Waals surface area contributed by atoms with Crippen LogP contribution in [0.3, 0.4) is 0 Å². The molecule has 0 spiro atoms. The van der Waals surface area contributed by atoms with Crippen LogP contribution in [0, 0.1) is 28.6 Å². The highest BCUT2D eigenvalue weighted by molar-refractivity contribution is 5.77. The summed E-state index contributed by atoms with van der Waals surface area (Å²) in [5, 5.41) is 0. The fraction of sp³-hybridized carbons (Fsp3) is 0.581. The molecular weight excluding hydrogens is 418 g/mol. The van der Waals surface area contributed by atoms with Gasteiger partial charge in [-0.3, -0.25) is 4.79 Å². The summed E-state index contributed by atoms with van der Waals surface area (Å²) in [6, 6.07) is 19.5. The first kappa shape index (κ1) is 22.2. The van der Waals surface area contributed by atoms with Gasteiger partial charge in [-0.25, -0.2) is 0 Å². The monoisotopic (exact) mass is 457 g/mol. The lowest BCUT2D eigenvalue weighted by Gasteiger charge is -2.63. The Kier molecular flexibility index (Phi) is 5.31. The van der Waals surface area contributed by atoms with E-state index in [9.17, 15) is 4.79 Å². The molecule has 1 aliphatic heterocycles. The number of nitrogens with zero attached hydrogens (tertiary/aromatic N) is 1. The number of likely N-dealkylation sites (tertiary alicyclic amines) is 1. The maximum atomic E-state index is 12.7. The van der Waals surface area contributed by atoms with Crippen LogP contribution in [0.1, 0.15) is 65.2 Å². The van der Waals surface area contributed by atoms with Gasteiger partial charge < -0.3 is 9.64 Å². The van der Waals surface area contributed by atoms with Gasteiger partial charge in [-0.05, 0) is 78.0 Å². The van der Waals surface area contributed by atoms with Crippen LogP contribution in [0.15, 0.2) is 54.6 Å². The minimum Gasteiger partial charge on any atom is -0.490 e. The van der Waals surface area contributed by atoms with Crippen LogP contribution < -0.4 is 4.74 Å². The Hall–Kier alpha value is -2.29. The highest BCUT2D eigenvalue weighted by atomic mass is 16.5. The Morgan fingerprint density at radius 1 is 0.882 bits per heavy atom. The van der Waals surface area contributed by atoms with Gasteiger partial charge in [0, 0.05) is 31.8 Å². The van der Waals surface area contributed by atoms with Gasteiger partial charge in [-0.2, -0.15) is 0 Å². The van der Waals surface area contributed by atoms with E-state index < -0.39 is 0 Å². The molecule has 4 aliphatic rings. The molecule has 3 nitrogen and oxygen atoms in total. The highest BCUT2D eigenvalue weighted by Crippen LogP contribution is 2.65. The van der Waals surface area contributed by atoms with Crippen LogP contribution in [0.4, 0.5) is 0 Å². The summed E-state index contributed by atoms with van der Waals surface area (Å²) in [4.78, 5) is 14.8.